The molecule has 2 fully saturated rings. The first-order valence-corrected chi connectivity index (χ1v) is 7.48. The van der Waals surface area contributed by atoms with Crippen molar-refractivity contribution in [1.82, 2.24) is 9.88 Å². The van der Waals surface area contributed by atoms with Crippen LogP contribution < -0.4 is 0 Å². The van der Waals surface area contributed by atoms with Crippen LogP contribution in [-0.4, -0.2) is 35.7 Å². The Hall–Kier alpha value is -0.450. The lowest BCUT2D eigenvalue weighted by Crippen LogP contribution is -2.44. The maximum atomic E-state index is 5.66. The maximum absolute atomic E-state index is 5.66. The van der Waals surface area contributed by atoms with Crippen molar-refractivity contribution < 1.29 is 4.74 Å². The Kier molecular flexibility index (Phi) is 3.45. The standard InChI is InChI=1S/C13H20N2OS/c1-10-14-12(9-17-10)13-8-16-7-6-15(13)11-4-2-3-5-11/h9,11,13H,2-8H2,1H3/t13-/m1/s1. The summed E-state index contributed by atoms with van der Waals surface area (Å²) in [5.74, 6) is 0. The molecule has 1 aromatic rings. The van der Waals surface area contributed by atoms with Gasteiger partial charge >= 0.3 is 0 Å². The van der Waals surface area contributed by atoms with Gasteiger partial charge in [-0.25, -0.2) is 4.98 Å². The second-order valence-electron chi connectivity index (χ2n) is 5.06. The van der Waals surface area contributed by atoms with E-state index in [2.05, 4.69) is 22.2 Å². The normalized spacial score (nSPS) is 27.7. The summed E-state index contributed by atoms with van der Waals surface area (Å²) in [5, 5.41) is 3.37. The van der Waals surface area contributed by atoms with Gasteiger partial charge in [-0.2, -0.15) is 0 Å². The van der Waals surface area contributed by atoms with Gasteiger partial charge in [0.2, 0.25) is 0 Å². The molecule has 3 nitrogen and oxygen atoms in total. The van der Waals surface area contributed by atoms with Gasteiger partial charge in [-0.1, -0.05) is 12.8 Å². The minimum absolute atomic E-state index is 0.400. The van der Waals surface area contributed by atoms with Crippen LogP contribution in [-0.2, 0) is 4.74 Å². The number of ether oxygens (including phenoxy) is 1. The second kappa shape index (κ2) is 5.04. The first-order valence-electron chi connectivity index (χ1n) is 6.60. The molecule has 1 saturated heterocycles. The Balaban J connectivity index is 1.79. The molecule has 0 aromatic carbocycles. The first kappa shape index (κ1) is 11.6. The van der Waals surface area contributed by atoms with E-state index in [9.17, 15) is 0 Å². The quantitative estimate of drug-likeness (QED) is 0.809. The lowest BCUT2D eigenvalue weighted by Gasteiger charge is -2.38. The number of nitrogens with zero attached hydrogens (tertiary/aromatic N) is 2. The molecule has 0 spiro atoms. The van der Waals surface area contributed by atoms with E-state index in [1.807, 2.05) is 0 Å². The van der Waals surface area contributed by atoms with Crippen LogP contribution in [0.15, 0.2) is 5.38 Å². The SMILES string of the molecule is Cc1nc([C@H]2COCCN2C2CCCC2)cs1. The third-order valence-corrected chi connectivity index (χ3v) is 4.73. The largest absolute Gasteiger partial charge is 0.378 e. The minimum atomic E-state index is 0.400. The summed E-state index contributed by atoms with van der Waals surface area (Å²) >= 11 is 1.75. The van der Waals surface area contributed by atoms with Gasteiger partial charge in [0.25, 0.3) is 0 Å². The molecule has 1 aliphatic heterocycles. The number of thiazole rings is 1. The Morgan fingerprint density at radius 3 is 2.94 bits per heavy atom. The van der Waals surface area contributed by atoms with Crippen molar-refractivity contribution in [3.05, 3.63) is 16.1 Å². The van der Waals surface area contributed by atoms with Crippen molar-refractivity contribution in [2.45, 2.75) is 44.7 Å². The third kappa shape index (κ3) is 2.39. The zero-order valence-electron chi connectivity index (χ0n) is 10.4. The number of aromatic nitrogens is 1. The molecule has 2 heterocycles. The van der Waals surface area contributed by atoms with Gasteiger partial charge in [-0.05, 0) is 19.8 Å². The Morgan fingerprint density at radius 1 is 1.41 bits per heavy atom. The second-order valence-corrected chi connectivity index (χ2v) is 6.12. The number of hydrogen-bond donors (Lipinski definition) is 0. The van der Waals surface area contributed by atoms with Crippen LogP contribution in [0, 0.1) is 6.92 Å². The van der Waals surface area contributed by atoms with E-state index < -0.39 is 0 Å². The lowest BCUT2D eigenvalue weighted by atomic mass is 10.1. The van der Waals surface area contributed by atoms with Crippen LogP contribution in [0.25, 0.3) is 0 Å². The number of aryl methyl sites for hydroxylation is 1. The fourth-order valence-electron chi connectivity index (χ4n) is 3.08. The third-order valence-electron chi connectivity index (χ3n) is 3.94. The molecule has 94 valence electrons. The zero-order valence-corrected chi connectivity index (χ0v) is 11.2. The average molecular weight is 252 g/mol. The first-order chi connectivity index (χ1) is 8.34. The molecular weight excluding hydrogens is 232 g/mol. The predicted octanol–water partition coefficient (Wildman–Crippen LogP) is 2.77. The van der Waals surface area contributed by atoms with Gasteiger partial charge in [0.15, 0.2) is 0 Å². The van der Waals surface area contributed by atoms with Crippen LogP contribution in [0.5, 0.6) is 0 Å². The summed E-state index contributed by atoms with van der Waals surface area (Å²) < 4.78 is 5.66. The molecule has 17 heavy (non-hydrogen) atoms. The minimum Gasteiger partial charge on any atom is -0.378 e. The van der Waals surface area contributed by atoms with E-state index >= 15 is 0 Å². The van der Waals surface area contributed by atoms with Crippen LogP contribution in [0.1, 0.15) is 42.4 Å². The number of morpholine rings is 1. The van der Waals surface area contributed by atoms with E-state index in [0.29, 0.717) is 6.04 Å². The van der Waals surface area contributed by atoms with Crippen LogP contribution >= 0.6 is 11.3 Å². The molecule has 1 saturated carbocycles. The molecule has 0 amide bonds. The number of hydrogen-bond acceptors (Lipinski definition) is 4. The highest BCUT2D eigenvalue weighted by molar-refractivity contribution is 7.09. The summed E-state index contributed by atoms with van der Waals surface area (Å²) in [6.07, 6.45) is 5.51. The molecule has 1 aromatic heterocycles. The molecule has 0 bridgehead atoms. The smallest absolute Gasteiger partial charge is 0.0898 e. The summed E-state index contributed by atoms with van der Waals surface area (Å²) in [6.45, 7) is 4.86. The van der Waals surface area contributed by atoms with Gasteiger partial charge in [0, 0.05) is 18.0 Å². The van der Waals surface area contributed by atoms with Crippen LogP contribution in [0.4, 0.5) is 0 Å². The van der Waals surface area contributed by atoms with E-state index in [0.717, 1.165) is 30.8 Å². The molecule has 1 atom stereocenters. The van der Waals surface area contributed by atoms with Crippen molar-refractivity contribution in [3.63, 3.8) is 0 Å². The monoisotopic (exact) mass is 252 g/mol. The predicted molar refractivity (Wildman–Crippen MR) is 69.4 cm³/mol. The van der Waals surface area contributed by atoms with Gasteiger partial charge in [0.05, 0.1) is 30.0 Å². The Morgan fingerprint density at radius 2 is 2.24 bits per heavy atom. The van der Waals surface area contributed by atoms with Gasteiger partial charge in [-0.15, -0.1) is 11.3 Å². The fourth-order valence-corrected chi connectivity index (χ4v) is 3.74. The molecule has 0 N–H and O–H groups in total. The molecular formula is C13H20N2OS. The number of rotatable bonds is 2. The highest BCUT2D eigenvalue weighted by Crippen LogP contribution is 2.33. The van der Waals surface area contributed by atoms with E-state index in [-0.39, 0.29) is 0 Å². The van der Waals surface area contributed by atoms with Crippen molar-refractivity contribution in [1.29, 1.82) is 0 Å². The molecule has 3 rings (SSSR count). The van der Waals surface area contributed by atoms with Crippen LogP contribution in [0.3, 0.4) is 0 Å². The molecule has 1 aliphatic carbocycles. The van der Waals surface area contributed by atoms with Crippen molar-refractivity contribution in [3.8, 4) is 0 Å². The summed E-state index contributed by atoms with van der Waals surface area (Å²) in [4.78, 5) is 7.30. The van der Waals surface area contributed by atoms with E-state index in [1.165, 1.54) is 31.4 Å². The fraction of sp³-hybridized carbons (Fsp3) is 0.769. The topological polar surface area (TPSA) is 25.4 Å². The van der Waals surface area contributed by atoms with Crippen molar-refractivity contribution in [2.75, 3.05) is 19.8 Å². The molecule has 2 aliphatic rings. The van der Waals surface area contributed by atoms with E-state index in [1.54, 1.807) is 11.3 Å². The summed E-state index contributed by atoms with van der Waals surface area (Å²) in [6, 6.07) is 1.17. The summed E-state index contributed by atoms with van der Waals surface area (Å²) in [7, 11) is 0. The Labute approximate surface area is 107 Å². The molecule has 0 radical (unpaired) electrons. The molecule has 4 heteroatoms. The maximum Gasteiger partial charge on any atom is 0.0898 e. The highest BCUT2D eigenvalue weighted by Gasteiger charge is 2.33. The van der Waals surface area contributed by atoms with Gasteiger partial charge in [0.1, 0.15) is 0 Å². The zero-order chi connectivity index (χ0) is 11.7. The van der Waals surface area contributed by atoms with E-state index in [4.69, 9.17) is 4.74 Å². The lowest BCUT2D eigenvalue weighted by molar-refractivity contribution is -0.0302. The molecule has 0 unspecified atom stereocenters. The Bertz CT molecular complexity index is 373. The average Bonchev–Trinajstić information content (AvgIpc) is 3.00. The van der Waals surface area contributed by atoms with Crippen molar-refractivity contribution >= 4 is 11.3 Å². The summed E-state index contributed by atoms with van der Waals surface area (Å²) in [5.41, 5.74) is 1.22. The van der Waals surface area contributed by atoms with Crippen molar-refractivity contribution in [2.24, 2.45) is 0 Å². The highest BCUT2D eigenvalue weighted by atomic mass is 32.1. The van der Waals surface area contributed by atoms with Gasteiger partial charge in [-0.3, -0.25) is 4.90 Å². The van der Waals surface area contributed by atoms with Crippen LogP contribution in [0.2, 0.25) is 0 Å². The van der Waals surface area contributed by atoms with Gasteiger partial charge < -0.3 is 4.74 Å².